The van der Waals surface area contributed by atoms with Gasteiger partial charge < -0.3 is 4.84 Å². The lowest BCUT2D eigenvalue weighted by molar-refractivity contribution is 0.132. The third-order valence-corrected chi connectivity index (χ3v) is 2.74. The molecule has 0 amide bonds. The van der Waals surface area contributed by atoms with Gasteiger partial charge in [0.2, 0.25) is 0 Å². The number of hydrogen-bond acceptors (Lipinski definition) is 2. The van der Waals surface area contributed by atoms with Crippen LogP contribution < -0.4 is 0 Å². The van der Waals surface area contributed by atoms with Gasteiger partial charge >= 0.3 is 0 Å². The maximum Gasteiger partial charge on any atom is 0.142 e. The Bertz CT molecular complexity index is 426. The topological polar surface area (TPSA) is 21.6 Å². The molecule has 3 heteroatoms. The Kier molecular flexibility index (Phi) is 4.30. The van der Waals surface area contributed by atoms with E-state index in [2.05, 4.69) is 11.2 Å². The third-order valence-electron chi connectivity index (χ3n) is 2.74. The Morgan fingerprint density at radius 3 is 3.06 bits per heavy atom. The molecular formula is C14H16FNO. The van der Waals surface area contributed by atoms with E-state index in [-0.39, 0.29) is 5.82 Å². The summed E-state index contributed by atoms with van der Waals surface area (Å²) in [7, 11) is 0. The lowest BCUT2D eigenvalue weighted by Gasteiger charge is -2.07. The quantitative estimate of drug-likeness (QED) is 0.572. The minimum atomic E-state index is -0.245. The van der Waals surface area contributed by atoms with Crippen LogP contribution in [0.1, 0.15) is 31.2 Å². The van der Waals surface area contributed by atoms with E-state index in [1.54, 1.807) is 12.3 Å². The van der Waals surface area contributed by atoms with E-state index in [4.69, 9.17) is 4.84 Å². The van der Waals surface area contributed by atoms with Crippen LogP contribution in [0.3, 0.4) is 0 Å². The smallest absolute Gasteiger partial charge is 0.142 e. The van der Waals surface area contributed by atoms with Gasteiger partial charge in [-0.25, -0.2) is 4.39 Å². The molecule has 0 saturated carbocycles. The van der Waals surface area contributed by atoms with Gasteiger partial charge in [0.25, 0.3) is 0 Å². The number of oxime groups is 1. The van der Waals surface area contributed by atoms with Crippen molar-refractivity contribution in [3.8, 4) is 0 Å². The highest BCUT2D eigenvalue weighted by Crippen LogP contribution is 2.15. The first-order valence-corrected chi connectivity index (χ1v) is 5.93. The second kappa shape index (κ2) is 6.18. The Morgan fingerprint density at radius 1 is 1.35 bits per heavy atom. The lowest BCUT2D eigenvalue weighted by atomic mass is 10.0. The highest BCUT2D eigenvalue weighted by Gasteiger charge is 2.00. The third kappa shape index (κ3) is 4.02. The maximum absolute atomic E-state index is 12.9. The number of halogens is 1. The maximum atomic E-state index is 12.9. The standard InChI is InChI=1S/C14H16FNO/c15-14-8-4-7-13(9-14)11-17-16-10-12-5-2-1-3-6-12/h4-5,7-10H,1-3,6,11H2. The van der Waals surface area contributed by atoms with Gasteiger partial charge in [-0.05, 0) is 49.0 Å². The minimum absolute atomic E-state index is 0.245. The lowest BCUT2D eigenvalue weighted by Crippen LogP contribution is -1.94. The summed E-state index contributed by atoms with van der Waals surface area (Å²) in [5, 5.41) is 3.90. The monoisotopic (exact) mass is 233 g/mol. The van der Waals surface area contributed by atoms with Crippen molar-refractivity contribution < 1.29 is 9.23 Å². The average molecular weight is 233 g/mol. The van der Waals surface area contributed by atoms with E-state index in [9.17, 15) is 4.39 Å². The van der Waals surface area contributed by atoms with Crippen LogP contribution in [0.5, 0.6) is 0 Å². The molecule has 0 N–H and O–H groups in total. The molecule has 0 saturated heterocycles. The number of hydrogen-bond donors (Lipinski definition) is 0. The number of allylic oxidation sites excluding steroid dienone is 2. The Morgan fingerprint density at radius 2 is 2.29 bits per heavy atom. The van der Waals surface area contributed by atoms with Crippen molar-refractivity contribution in [2.45, 2.75) is 32.3 Å². The SMILES string of the molecule is Fc1cccc(CON=CC2=CCCCC2)c1. The average Bonchev–Trinajstić information content (AvgIpc) is 2.36. The first-order valence-electron chi connectivity index (χ1n) is 5.93. The zero-order valence-electron chi connectivity index (χ0n) is 9.73. The van der Waals surface area contributed by atoms with Gasteiger partial charge in [0.15, 0.2) is 0 Å². The van der Waals surface area contributed by atoms with Gasteiger partial charge in [0.1, 0.15) is 12.4 Å². The largest absolute Gasteiger partial charge is 0.391 e. The van der Waals surface area contributed by atoms with E-state index in [0.29, 0.717) is 6.61 Å². The van der Waals surface area contributed by atoms with Crippen molar-refractivity contribution >= 4 is 6.21 Å². The molecule has 0 unspecified atom stereocenters. The number of rotatable bonds is 4. The van der Waals surface area contributed by atoms with Crippen LogP contribution in [-0.4, -0.2) is 6.21 Å². The summed E-state index contributed by atoms with van der Waals surface area (Å²) in [5.74, 6) is -0.245. The first kappa shape index (κ1) is 11.8. The van der Waals surface area contributed by atoms with Crippen molar-refractivity contribution in [1.82, 2.24) is 0 Å². The van der Waals surface area contributed by atoms with Crippen molar-refractivity contribution in [1.29, 1.82) is 0 Å². The van der Waals surface area contributed by atoms with E-state index in [1.165, 1.54) is 30.5 Å². The molecule has 0 fully saturated rings. The molecular weight excluding hydrogens is 217 g/mol. The van der Waals surface area contributed by atoms with E-state index < -0.39 is 0 Å². The van der Waals surface area contributed by atoms with Crippen LogP contribution in [0.25, 0.3) is 0 Å². The molecule has 17 heavy (non-hydrogen) atoms. The Labute approximate surface area is 101 Å². The van der Waals surface area contributed by atoms with E-state index >= 15 is 0 Å². The summed E-state index contributed by atoms with van der Waals surface area (Å²) >= 11 is 0. The van der Waals surface area contributed by atoms with Crippen LogP contribution in [0.4, 0.5) is 4.39 Å². The van der Waals surface area contributed by atoms with Crippen molar-refractivity contribution in [3.63, 3.8) is 0 Å². The summed E-state index contributed by atoms with van der Waals surface area (Å²) in [5.41, 5.74) is 2.02. The highest BCUT2D eigenvalue weighted by molar-refractivity contribution is 5.78. The molecule has 0 bridgehead atoms. The molecule has 0 aromatic heterocycles. The highest BCUT2D eigenvalue weighted by atomic mass is 19.1. The van der Waals surface area contributed by atoms with Crippen LogP contribution in [0.15, 0.2) is 41.1 Å². The fourth-order valence-electron chi connectivity index (χ4n) is 1.82. The molecule has 90 valence electrons. The van der Waals surface area contributed by atoms with Gasteiger partial charge in [-0.2, -0.15) is 0 Å². The molecule has 1 aliphatic rings. The molecule has 2 nitrogen and oxygen atoms in total. The van der Waals surface area contributed by atoms with Crippen LogP contribution in [-0.2, 0) is 11.4 Å². The fourth-order valence-corrected chi connectivity index (χ4v) is 1.82. The normalized spacial score (nSPS) is 15.9. The Balaban J connectivity index is 1.79. The van der Waals surface area contributed by atoms with E-state index in [0.717, 1.165) is 18.4 Å². The van der Waals surface area contributed by atoms with Crippen LogP contribution >= 0.6 is 0 Å². The molecule has 0 heterocycles. The summed E-state index contributed by atoms with van der Waals surface area (Å²) in [4.78, 5) is 5.14. The predicted octanol–water partition coefficient (Wildman–Crippen LogP) is 3.83. The molecule has 1 aromatic rings. The predicted molar refractivity (Wildman–Crippen MR) is 66.2 cm³/mol. The summed E-state index contributed by atoms with van der Waals surface area (Å²) in [6, 6.07) is 6.36. The van der Waals surface area contributed by atoms with Gasteiger partial charge in [0, 0.05) is 0 Å². The van der Waals surface area contributed by atoms with Gasteiger partial charge in [-0.15, -0.1) is 0 Å². The second-order valence-electron chi connectivity index (χ2n) is 4.16. The van der Waals surface area contributed by atoms with Gasteiger partial charge in [0.05, 0.1) is 6.21 Å². The van der Waals surface area contributed by atoms with Crippen LogP contribution in [0.2, 0.25) is 0 Å². The number of benzene rings is 1. The van der Waals surface area contributed by atoms with Crippen molar-refractivity contribution in [2.75, 3.05) is 0 Å². The molecule has 2 rings (SSSR count). The molecule has 0 spiro atoms. The fraction of sp³-hybridized carbons (Fsp3) is 0.357. The molecule has 0 atom stereocenters. The van der Waals surface area contributed by atoms with E-state index in [1.807, 2.05) is 6.07 Å². The summed E-state index contributed by atoms with van der Waals surface area (Å²) < 4.78 is 12.9. The first-order chi connectivity index (χ1) is 8.34. The summed E-state index contributed by atoms with van der Waals surface area (Å²) in [6.07, 6.45) is 8.65. The minimum Gasteiger partial charge on any atom is -0.391 e. The van der Waals surface area contributed by atoms with Crippen molar-refractivity contribution in [2.24, 2.45) is 5.16 Å². The van der Waals surface area contributed by atoms with Crippen molar-refractivity contribution in [3.05, 3.63) is 47.3 Å². The van der Waals surface area contributed by atoms with Gasteiger partial charge in [-0.1, -0.05) is 23.4 Å². The molecule has 0 aliphatic heterocycles. The number of nitrogens with zero attached hydrogens (tertiary/aromatic N) is 1. The molecule has 1 aliphatic carbocycles. The van der Waals surface area contributed by atoms with Gasteiger partial charge in [-0.3, -0.25) is 0 Å². The zero-order chi connectivity index (χ0) is 11.9. The molecule has 0 radical (unpaired) electrons. The second-order valence-corrected chi connectivity index (χ2v) is 4.16. The Hall–Kier alpha value is -1.64. The molecule has 1 aromatic carbocycles. The summed E-state index contributed by atoms with van der Waals surface area (Å²) in [6.45, 7) is 0.307. The van der Waals surface area contributed by atoms with Crippen LogP contribution in [0, 0.1) is 5.82 Å². The zero-order valence-corrected chi connectivity index (χ0v) is 9.73.